The number of benzene rings is 1. The average Bonchev–Trinajstić information content (AvgIpc) is 2.73. The Balaban J connectivity index is 2.09. The van der Waals surface area contributed by atoms with Gasteiger partial charge in [-0.3, -0.25) is 0 Å². The summed E-state index contributed by atoms with van der Waals surface area (Å²) >= 11 is 0. The van der Waals surface area contributed by atoms with Crippen LogP contribution in [0.3, 0.4) is 0 Å². The molecule has 1 aliphatic rings. The van der Waals surface area contributed by atoms with Crippen LogP contribution in [0, 0.1) is 5.41 Å². The topological polar surface area (TPSA) is 15.3 Å². The maximum Gasteiger partial charge on any atom is 0.0399 e. The van der Waals surface area contributed by atoms with Crippen molar-refractivity contribution in [2.75, 3.05) is 31.6 Å². The van der Waals surface area contributed by atoms with Gasteiger partial charge in [-0.25, -0.2) is 0 Å². The van der Waals surface area contributed by atoms with Gasteiger partial charge in [0.25, 0.3) is 0 Å². The molecule has 2 heteroatoms. The number of para-hydroxylation sites is 1. The molecule has 2 rings (SSSR count). The first-order valence-corrected chi connectivity index (χ1v) is 7.16. The molecule has 1 aromatic carbocycles. The molecule has 0 spiro atoms. The van der Waals surface area contributed by atoms with E-state index in [1.54, 1.807) is 0 Å². The Morgan fingerprint density at radius 2 is 2.11 bits per heavy atom. The van der Waals surface area contributed by atoms with E-state index in [4.69, 9.17) is 0 Å². The number of anilines is 1. The summed E-state index contributed by atoms with van der Waals surface area (Å²) in [5.74, 6) is 0. The van der Waals surface area contributed by atoms with Gasteiger partial charge in [-0.1, -0.05) is 38.5 Å². The van der Waals surface area contributed by atoms with Crippen LogP contribution in [-0.4, -0.2) is 26.7 Å². The summed E-state index contributed by atoms with van der Waals surface area (Å²) in [7, 11) is 2.06. The molecule has 100 valence electrons. The number of nitrogens with one attached hydrogen (secondary N) is 1. The van der Waals surface area contributed by atoms with Crippen LogP contribution in [-0.2, 0) is 6.42 Å². The van der Waals surface area contributed by atoms with Gasteiger partial charge < -0.3 is 10.2 Å². The smallest absolute Gasteiger partial charge is 0.0399 e. The molecule has 1 aromatic rings. The van der Waals surface area contributed by atoms with Crippen LogP contribution in [0.1, 0.15) is 32.3 Å². The average molecular weight is 246 g/mol. The Morgan fingerprint density at radius 1 is 1.33 bits per heavy atom. The van der Waals surface area contributed by atoms with Gasteiger partial charge in [-0.05, 0) is 36.9 Å². The van der Waals surface area contributed by atoms with Crippen LogP contribution in [0.25, 0.3) is 0 Å². The van der Waals surface area contributed by atoms with E-state index in [1.165, 1.54) is 43.6 Å². The zero-order valence-electron chi connectivity index (χ0n) is 12.0. The van der Waals surface area contributed by atoms with Crippen molar-refractivity contribution >= 4 is 5.69 Å². The Morgan fingerprint density at radius 3 is 2.83 bits per heavy atom. The molecule has 2 nitrogen and oxygen atoms in total. The van der Waals surface area contributed by atoms with Crippen LogP contribution in [0.2, 0.25) is 0 Å². The minimum Gasteiger partial charge on any atom is -0.370 e. The molecule has 0 aromatic heterocycles. The lowest BCUT2D eigenvalue weighted by Crippen LogP contribution is -2.41. The van der Waals surface area contributed by atoms with Crippen LogP contribution < -0.4 is 10.2 Å². The van der Waals surface area contributed by atoms with Crippen molar-refractivity contribution in [1.82, 2.24) is 5.32 Å². The van der Waals surface area contributed by atoms with Crippen molar-refractivity contribution in [2.24, 2.45) is 5.41 Å². The molecule has 0 saturated carbocycles. The summed E-state index contributed by atoms with van der Waals surface area (Å²) in [6.45, 7) is 8.14. The Kier molecular flexibility index (Phi) is 4.28. The second kappa shape index (κ2) is 5.75. The molecule has 1 aliphatic heterocycles. The van der Waals surface area contributed by atoms with Crippen molar-refractivity contribution < 1.29 is 0 Å². The maximum atomic E-state index is 3.36. The quantitative estimate of drug-likeness (QED) is 0.830. The first-order chi connectivity index (χ1) is 8.68. The van der Waals surface area contributed by atoms with E-state index in [0.717, 1.165) is 6.54 Å². The third-order valence-corrected chi connectivity index (χ3v) is 4.01. The van der Waals surface area contributed by atoms with Gasteiger partial charge in [-0.2, -0.15) is 0 Å². The summed E-state index contributed by atoms with van der Waals surface area (Å²) in [6, 6.07) is 8.85. The minimum absolute atomic E-state index is 0.376. The van der Waals surface area contributed by atoms with Gasteiger partial charge in [0, 0.05) is 25.3 Å². The van der Waals surface area contributed by atoms with Gasteiger partial charge in [0.05, 0.1) is 0 Å². The fraction of sp³-hybridized carbons (Fsp3) is 0.625. The molecule has 1 N–H and O–H groups in total. The monoisotopic (exact) mass is 246 g/mol. The third kappa shape index (κ3) is 2.86. The van der Waals surface area contributed by atoms with E-state index in [2.05, 4.69) is 55.4 Å². The highest BCUT2D eigenvalue weighted by atomic mass is 15.2. The number of nitrogens with zero attached hydrogens (tertiary/aromatic N) is 1. The van der Waals surface area contributed by atoms with E-state index in [9.17, 15) is 0 Å². The molecular weight excluding hydrogens is 220 g/mol. The molecule has 1 unspecified atom stereocenters. The highest BCUT2D eigenvalue weighted by molar-refractivity contribution is 5.57. The molecule has 0 fully saturated rings. The highest BCUT2D eigenvalue weighted by Gasteiger charge is 2.28. The summed E-state index contributed by atoms with van der Waals surface area (Å²) in [5.41, 5.74) is 3.35. The summed E-state index contributed by atoms with van der Waals surface area (Å²) < 4.78 is 0. The van der Waals surface area contributed by atoms with Crippen molar-refractivity contribution in [3.63, 3.8) is 0 Å². The van der Waals surface area contributed by atoms with Crippen molar-refractivity contribution in [3.05, 3.63) is 29.8 Å². The molecule has 1 heterocycles. The van der Waals surface area contributed by atoms with Crippen molar-refractivity contribution in [1.29, 1.82) is 0 Å². The summed E-state index contributed by atoms with van der Waals surface area (Å²) in [5, 5.41) is 3.36. The van der Waals surface area contributed by atoms with E-state index in [-0.39, 0.29) is 0 Å². The molecule has 0 radical (unpaired) electrons. The lowest BCUT2D eigenvalue weighted by molar-refractivity contribution is 0.289. The van der Waals surface area contributed by atoms with Crippen LogP contribution in [0.15, 0.2) is 24.3 Å². The van der Waals surface area contributed by atoms with E-state index in [0.29, 0.717) is 5.41 Å². The standard InChI is InChI=1S/C16H26N2/c1-4-10-16(2,12-17-3)13-18-11-9-14-7-5-6-8-15(14)18/h5-8,17H,4,9-13H2,1-3H3. The molecular formula is C16H26N2. The summed E-state index contributed by atoms with van der Waals surface area (Å²) in [6.07, 6.45) is 3.75. The number of rotatable bonds is 6. The highest BCUT2D eigenvalue weighted by Crippen LogP contribution is 2.32. The molecule has 18 heavy (non-hydrogen) atoms. The minimum atomic E-state index is 0.376. The molecule has 0 amide bonds. The normalized spacial score (nSPS) is 17.6. The van der Waals surface area contributed by atoms with Gasteiger partial charge in [0.1, 0.15) is 0 Å². The first kappa shape index (κ1) is 13.4. The number of hydrogen-bond acceptors (Lipinski definition) is 2. The SMILES string of the molecule is CCCC(C)(CNC)CN1CCc2ccccc21. The van der Waals surface area contributed by atoms with E-state index in [1.807, 2.05) is 0 Å². The fourth-order valence-electron chi connectivity index (χ4n) is 3.29. The van der Waals surface area contributed by atoms with Gasteiger partial charge >= 0.3 is 0 Å². The third-order valence-electron chi connectivity index (χ3n) is 4.01. The largest absolute Gasteiger partial charge is 0.370 e. The van der Waals surface area contributed by atoms with E-state index < -0.39 is 0 Å². The molecule has 0 bridgehead atoms. The fourth-order valence-corrected chi connectivity index (χ4v) is 3.29. The predicted molar refractivity (Wildman–Crippen MR) is 79.3 cm³/mol. The van der Waals surface area contributed by atoms with Crippen molar-refractivity contribution in [2.45, 2.75) is 33.1 Å². The van der Waals surface area contributed by atoms with Gasteiger partial charge in [0.15, 0.2) is 0 Å². The lowest BCUT2D eigenvalue weighted by Gasteiger charge is -2.35. The molecule has 0 aliphatic carbocycles. The zero-order chi connectivity index (χ0) is 13.0. The van der Waals surface area contributed by atoms with Crippen LogP contribution in [0.4, 0.5) is 5.69 Å². The molecule has 0 saturated heterocycles. The Bertz CT molecular complexity index is 380. The second-order valence-electron chi connectivity index (χ2n) is 5.89. The second-order valence-corrected chi connectivity index (χ2v) is 5.89. The number of hydrogen-bond donors (Lipinski definition) is 1. The van der Waals surface area contributed by atoms with Crippen LogP contribution >= 0.6 is 0 Å². The Labute approximate surface area is 111 Å². The Hall–Kier alpha value is -1.02. The first-order valence-electron chi connectivity index (χ1n) is 7.16. The maximum absolute atomic E-state index is 3.36. The summed E-state index contributed by atoms with van der Waals surface area (Å²) in [4.78, 5) is 2.57. The van der Waals surface area contributed by atoms with Gasteiger partial charge in [0.2, 0.25) is 0 Å². The zero-order valence-corrected chi connectivity index (χ0v) is 12.0. The van der Waals surface area contributed by atoms with E-state index >= 15 is 0 Å². The molecule has 1 atom stereocenters. The lowest BCUT2D eigenvalue weighted by atomic mass is 9.85. The van der Waals surface area contributed by atoms with Crippen LogP contribution in [0.5, 0.6) is 0 Å². The van der Waals surface area contributed by atoms with Crippen molar-refractivity contribution in [3.8, 4) is 0 Å². The predicted octanol–water partition coefficient (Wildman–Crippen LogP) is 3.07. The van der Waals surface area contributed by atoms with Gasteiger partial charge in [-0.15, -0.1) is 0 Å². The number of fused-ring (bicyclic) bond motifs is 1.